The largest absolute Gasteiger partial charge is 0.347 e. The zero-order valence-electron chi connectivity index (χ0n) is 20.3. The summed E-state index contributed by atoms with van der Waals surface area (Å²) >= 11 is 13.0. The number of halogens is 2. The molecule has 2 N–H and O–H groups in total. The molecule has 4 rings (SSSR count). The van der Waals surface area contributed by atoms with E-state index in [9.17, 15) is 9.59 Å². The van der Waals surface area contributed by atoms with Crippen LogP contribution in [0.4, 0.5) is 5.69 Å². The normalized spacial score (nSPS) is 17.4. The Kier molecular flexibility index (Phi) is 6.96. The molecule has 2 amide bonds. The topological polar surface area (TPSA) is 61.4 Å². The second-order valence-electron chi connectivity index (χ2n) is 9.71. The number of likely N-dealkylation sites (N-methyl/N-ethyl adjacent to an activating group) is 1. The minimum atomic E-state index is -1.15. The number of hydrogen-bond acceptors (Lipinski definition) is 3. The van der Waals surface area contributed by atoms with Crippen molar-refractivity contribution in [2.75, 3.05) is 11.4 Å². The van der Waals surface area contributed by atoms with Gasteiger partial charge < -0.3 is 10.2 Å². The lowest BCUT2D eigenvalue weighted by Crippen LogP contribution is -2.51. The van der Waals surface area contributed by atoms with Gasteiger partial charge in [0.25, 0.3) is 11.8 Å². The van der Waals surface area contributed by atoms with Crippen LogP contribution in [0.5, 0.6) is 0 Å². The predicted molar refractivity (Wildman–Crippen MR) is 142 cm³/mol. The number of amides is 2. The molecule has 1 heterocycles. The maximum atomic E-state index is 14.2. The molecule has 0 saturated heterocycles. The average Bonchev–Trinajstić information content (AvgIpc) is 3.01. The molecule has 0 aliphatic carbocycles. The monoisotopic (exact) mass is 509 g/mol. The van der Waals surface area contributed by atoms with Crippen LogP contribution >= 0.6 is 23.2 Å². The smallest absolute Gasteiger partial charge is 0.257 e. The highest BCUT2D eigenvalue weighted by Gasteiger charge is 2.52. The molecule has 0 bridgehead atoms. The highest BCUT2D eigenvalue weighted by Crippen LogP contribution is 2.47. The van der Waals surface area contributed by atoms with E-state index in [0.29, 0.717) is 34.3 Å². The summed E-state index contributed by atoms with van der Waals surface area (Å²) in [5, 5.41) is 7.43. The van der Waals surface area contributed by atoms with Gasteiger partial charge in [-0.05, 0) is 69.3 Å². The van der Waals surface area contributed by atoms with Gasteiger partial charge in [-0.25, -0.2) is 0 Å². The maximum absolute atomic E-state index is 14.2. The van der Waals surface area contributed by atoms with Crippen molar-refractivity contribution < 1.29 is 9.59 Å². The van der Waals surface area contributed by atoms with Crippen molar-refractivity contribution in [2.24, 2.45) is 0 Å². The number of carbonyl (C=O) groups is 2. The van der Waals surface area contributed by atoms with Gasteiger partial charge >= 0.3 is 0 Å². The highest BCUT2D eigenvalue weighted by molar-refractivity contribution is 6.32. The first-order chi connectivity index (χ1) is 16.6. The summed E-state index contributed by atoms with van der Waals surface area (Å²) in [5.41, 5.74) is 2.23. The molecule has 1 atom stereocenters. The molecule has 0 spiro atoms. The molecular formula is C28H29Cl2N3O2. The summed E-state index contributed by atoms with van der Waals surface area (Å²) in [7, 11) is 0. The molecule has 182 valence electrons. The van der Waals surface area contributed by atoms with Gasteiger partial charge in [0, 0.05) is 32.3 Å². The van der Waals surface area contributed by atoms with Crippen molar-refractivity contribution in [3.05, 3.63) is 99.0 Å². The summed E-state index contributed by atoms with van der Waals surface area (Å²) in [4.78, 5) is 28.4. The molecule has 0 saturated carbocycles. The molecule has 5 nitrogen and oxygen atoms in total. The van der Waals surface area contributed by atoms with Gasteiger partial charge in [-0.3, -0.25) is 14.9 Å². The molecule has 3 aromatic rings. The van der Waals surface area contributed by atoms with E-state index in [0.717, 1.165) is 16.8 Å². The summed E-state index contributed by atoms with van der Waals surface area (Å²) in [6, 6.07) is 20.2. The molecule has 1 aliphatic heterocycles. The molecule has 0 aromatic heterocycles. The first kappa shape index (κ1) is 25.2. The molecular weight excluding hydrogens is 481 g/mol. The van der Waals surface area contributed by atoms with E-state index in [4.69, 9.17) is 23.2 Å². The molecule has 7 heteroatoms. The lowest BCUT2D eigenvalue weighted by Gasteiger charge is -2.31. The number of anilines is 1. The summed E-state index contributed by atoms with van der Waals surface area (Å²) in [6.07, 6.45) is 0. The van der Waals surface area contributed by atoms with Gasteiger partial charge in [-0.15, -0.1) is 0 Å². The Bertz CT molecular complexity index is 1270. The quantitative estimate of drug-likeness (QED) is 0.433. The lowest BCUT2D eigenvalue weighted by atomic mass is 9.83. The number of fused-ring (bicyclic) bond motifs is 1. The van der Waals surface area contributed by atoms with E-state index in [1.807, 2.05) is 70.2 Å². The number of benzene rings is 3. The van der Waals surface area contributed by atoms with Gasteiger partial charge in [0.15, 0.2) is 5.54 Å². The van der Waals surface area contributed by atoms with Crippen LogP contribution in [0, 0.1) is 0 Å². The van der Waals surface area contributed by atoms with Gasteiger partial charge in [0.2, 0.25) is 0 Å². The Hall–Kier alpha value is -2.86. The third kappa shape index (κ3) is 4.81. The molecule has 0 fully saturated rings. The van der Waals surface area contributed by atoms with Crippen LogP contribution in [0.2, 0.25) is 10.0 Å². The second kappa shape index (κ2) is 9.65. The molecule has 1 unspecified atom stereocenters. The summed E-state index contributed by atoms with van der Waals surface area (Å²) in [6.45, 7) is 8.67. The van der Waals surface area contributed by atoms with Crippen LogP contribution in [0.15, 0.2) is 66.7 Å². The Labute approximate surface area is 216 Å². The Balaban J connectivity index is 1.73. The fourth-order valence-corrected chi connectivity index (χ4v) is 4.99. The third-order valence-corrected chi connectivity index (χ3v) is 6.55. The van der Waals surface area contributed by atoms with Gasteiger partial charge in [0.05, 0.1) is 12.2 Å². The minimum Gasteiger partial charge on any atom is -0.347 e. The van der Waals surface area contributed by atoms with E-state index in [1.54, 1.807) is 29.2 Å². The molecule has 35 heavy (non-hydrogen) atoms. The van der Waals surface area contributed by atoms with Crippen molar-refractivity contribution in [3.63, 3.8) is 0 Å². The molecule has 1 aliphatic rings. The van der Waals surface area contributed by atoms with Crippen LogP contribution in [0.1, 0.15) is 54.7 Å². The van der Waals surface area contributed by atoms with E-state index in [2.05, 4.69) is 10.6 Å². The van der Waals surface area contributed by atoms with E-state index in [-0.39, 0.29) is 17.4 Å². The van der Waals surface area contributed by atoms with Crippen molar-refractivity contribution in [1.82, 2.24) is 10.6 Å². The molecule has 3 aromatic carbocycles. The Morgan fingerprint density at radius 1 is 0.971 bits per heavy atom. The maximum Gasteiger partial charge on any atom is 0.257 e. The highest BCUT2D eigenvalue weighted by atomic mass is 35.5. The lowest BCUT2D eigenvalue weighted by molar-refractivity contribution is -0.123. The third-order valence-electron chi connectivity index (χ3n) is 5.98. The van der Waals surface area contributed by atoms with E-state index in [1.165, 1.54) is 0 Å². The van der Waals surface area contributed by atoms with Gasteiger partial charge in [-0.1, -0.05) is 60.5 Å². The van der Waals surface area contributed by atoms with Crippen LogP contribution in [-0.2, 0) is 16.9 Å². The van der Waals surface area contributed by atoms with Crippen molar-refractivity contribution >= 4 is 40.7 Å². The van der Waals surface area contributed by atoms with Crippen LogP contribution < -0.4 is 15.5 Å². The number of carbonyl (C=O) groups excluding carboxylic acids is 2. The zero-order chi connectivity index (χ0) is 25.4. The Morgan fingerprint density at radius 3 is 2.29 bits per heavy atom. The zero-order valence-corrected chi connectivity index (χ0v) is 21.8. The van der Waals surface area contributed by atoms with Crippen molar-refractivity contribution in [2.45, 2.75) is 45.3 Å². The fraction of sp³-hybridized carbons (Fsp3) is 0.286. The van der Waals surface area contributed by atoms with Crippen molar-refractivity contribution in [3.8, 4) is 0 Å². The number of nitrogens with one attached hydrogen (secondary N) is 2. The second-order valence-corrected chi connectivity index (χ2v) is 10.6. The predicted octanol–water partition coefficient (Wildman–Crippen LogP) is 5.92. The number of hydrogen-bond donors (Lipinski definition) is 2. The number of rotatable bonds is 6. The van der Waals surface area contributed by atoms with E-state index >= 15 is 0 Å². The Morgan fingerprint density at radius 2 is 1.66 bits per heavy atom. The van der Waals surface area contributed by atoms with Crippen LogP contribution in [0.3, 0.4) is 0 Å². The molecule has 0 radical (unpaired) electrons. The summed E-state index contributed by atoms with van der Waals surface area (Å²) in [5.74, 6) is -0.259. The van der Waals surface area contributed by atoms with Gasteiger partial charge in [-0.2, -0.15) is 0 Å². The van der Waals surface area contributed by atoms with Crippen LogP contribution in [-0.4, -0.2) is 23.9 Å². The number of nitrogens with zero attached hydrogens (tertiary/aromatic N) is 1. The first-order valence-corrected chi connectivity index (χ1v) is 12.4. The van der Waals surface area contributed by atoms with Crippen LogP contribution in [0.25, 0.3) is 0 Å². The fourth-order valence-electron chi connectivity index (χ4n) is 4.54. The average molecular weight is 510 g/mol. The first-order valence-electron chi connectivity index (χ1n) is 11.6. The van der Waals surface area contributed by atoms with E-state index < -0.39 is 5.54 Å². The summed E-state index contributed by atoms with van der Waals surface area (Å²) < 4.78 is 0. The minimum absolute atomic E-state index is 0.126. The SMILES string of the molecule is CCNC1(c2ccccc2Cl)C(=O)N(Cc2ccc(C(=O)NC(C)(C)C)cc2)c2ccc(Cl)cc21. The van der Waals surface area contributed by atoms with Crippen molar-refractivity contribution in [1.29, 1.82) is 0 Å². The standard InChI is InChI=1S/C28H29Cl2N3O2/c1-5-31-28(21-8-6-7-9-23(21)30)22-16-20(29)14-15-24(22)33(26(28)35)17-18-10-12-19(13-11-18)25(34)32-27(2,3)4/h6-16,31H,5,17H2,1-4H3,(H,32,34). The van der Waals surface area contributed by atoms with Gasteiger partial charge in [0.1, 0.15) is 0 Å².